The summed E-state index contributed by atoms with van der Waals surface area (Å²) in [5.74, 6) is 4.39. The van der Waals surface area contributed by atoms with Crippen molar-refractivity contribution in [1.29, 1.82) is 0 Å². The van der Waals surface area contributed by atoms with E-state index in [2.05, 4.69) is 78.1 Å². The van der Waals surface area contributed by atoms with Gasteiger partial charge < -0.3 is 9.16 Å². The summed E-state index contributed by atoms with van der Waals surface area (Å²) >= 11 is 0. The third-order valence-corrected chi connectivity index (χ3v) is 13.9. The molecule has 1 aromatic rings. The van der Waals surface area contributed by atoms with Crippen LogP contribution >= 0.6 is 0 Å². The number of hydrogen-bond acceptors (Lipinski definition) is 2. The Labute approximate surface area is 185 Å². The van der Waals surface area contributed by atoms with Gasteiger partial charge in [-0.2, -0.15) is 0 Å². The van der Waals surface area contributed by atoms with Crippen LogP contribution in [0.1, 0.15) is 64.5 Å². The van der Waals surface area contributed by atoms with Gasteiger partial charge in [0.1, 0.15) is 5.75 Å². The summed E-state index contributed by atoms with van der Waals surface area (Å²) < 4.78 is 12.2. The second-order valence-corrected chi connectivity index (χ2v) is 16.9. The second-order valence-electron chi connectivity index (χ2n) is 12.1. The molecule has 6 atom stereocenters. The molecule has 0 saturated heterocycles. The van der Waals surface area contributed by atoms with Crippen molar-refractivity contribution in [2.45, 2.75) is 77.9 Å². The summed E-state index contributed by atoms with van der Waals surface area (Å²) in [5.41, 5.74) is 3.46. The van der Waals surface area contributed by atoms with Gasteiger partial charge in [-0.25, -0.2) is 0 Å². The number of hydrogen-bond donors (Lipinski definition) is 0. The third kappa shape index (κ3) is 3.50. The molecule has 166 valence electrons. The van der Waals surface area contributed by atoms with Gasteiger partial charge in [-0.3, -0.25) is 0 Å². The van der Waals surface area contributed by atoms with Crippen molar-refractivity contribution in [2.75, 3.05) is 13.7 Å². The lowest BCUT2D eigenvalue weighted by molar-refractivity contribution is 0.00540. The monoisotopic (exact) mass is 426 g/mol. The maximum atomic E-state index is 6.71. The average Bonchev–Trinajstić information content (AvgIpc) is 3.01. The molecule has 0 aliphatic heterocycles. The summed E-state index contributed by atoms with van der Waals surface area (Å²) in [5, 5.41) is 0.274. The predicted octanol–water partition coefficient (Wildman–Crippen LogP) is 7.21. The van der Waals surface area contributed by atoms with E-state index in [1.165, 1.54) is 24.8 Å². The molecule has 30 heavy (non-hydrogen) atoms. The fraction of sp³-hybridized carbons (Fsp3) is 0.704. The minimum Gasteiger partial charge on any atom is -0.497 e. The molecular formula is C27H42O2Si. The van der Waals surface area contributed by atoms with Crippen LogP contribution in [0.3, 0.4) is 0 Å². The first-order valence-corrected chi connectivity index (χ1v) is 14.9. The van der Waals surface area contributed by atoms with Crippen LogP contribution in [-0.2, 0) is 10.8 Å². The van der Waals surface area contributed by atoms with Crippen molar-refractivity contribution in [2.24, 2.45) is 29.1 Å². The van der Waals surface area contributed by atoms with Gasteiger partial charge in [0.15, 0.2) is 8.32 Å². The molecule has 0 amide bonds. The number of allylic oxidation sites excluding steroid dienone is 1. The molecule has 0 N–H and O–H groups in total. The smallest absolute Gasteiger partial charge is 0.192 e. The second kappa shape index (κ2) is 7.51. The van der Waals surface area contributed by atoms with E-state index in [4.69, 9.17) is 9.16 Å². The van der Waals surface area contributed by atoms with Gasteiger partial charge in [0, 0.05) is 12.5 Å². The predicted molar refractivity (Wildman–Crippen MR) is 129 cm³/mol. The van der Waals surface area contributed by atoms with Gasteiger partial charge >= 0.3 is 0 Å². The van der Waals surface area contributed by atoms with Gasteiger partial charge in [-0.15, -0.1) is 0 Å². The minimum absolute atomic E-state index is 0.274. The Balaban J connectivity index is 1.55. The highest BCUT2D eigenvalue weighted by Gasteiger charge is 2.54. The number of methoxy groups -OCH3 is 1. The maximum absolute atomic E-state index is 6.71. The van der Waals surface area contributed by atoms with Crippen LogP contribution in [0.4, 0.5) is 0 Å². The first-order chi connectivity index (χ1) is 14.0. The van der Waals surface area contributed by atoms with E-state index in [9.17, 15) is 0 Å². The van der Waals surface area contributed by atoms with Crippen molar-refractivity contribution in [3.63, 3.8) is 0 Å². The van der Waals surface area contributed by atoms with E-state index in [0.717, 1.165) is 18.3 Å². The van der Waals surface area contributed by atoms with Gasteiger partial charge in [0.05, 0.1) is 7.11 Å². The van der Waals surface area contributed by atoms with Crippen molar-refractivity contribution in [3.8, 4) is 5.75 Å². The summed E-state index contributed by atoms with van der Waals surface area (Å²) in [6.45, 7) is 17.7. The number of benzene rings is 1. The third-order valence-electron chi connectivity index (χ3n) is 9.41. The van der Waals surface area contributed by atoms with Crippen LogP contribution in [0.5, 0.6) is 5.75 Å². The zero-order valence-electron chi connectivity index (χ0n) is 20.4. The highest BCUT2D eigenvalue weighted by molar-refractivity contribution is 6.74. The Morgan fingerprint density at radius 3 is 2.57 bits per heavy atom. The number of rotatable bonds is 4. The Bertz CT molecular complexity index is 821. The van der Waals surface area contributed by atoms with E-state index in [0.29, 0.717) is 29.1 Å². The van der Waals surface area contributed by atoms with Gasteiger partial charge in [0.2, 0.25) is 0 Å². The van der Waals surface area contributed by atoms with Crippen molar-refractivity contribution in [3.05, 3.63) is 41.5 Å². The van der Waals surface area contributed by atoms with Gasteiger partial charge in [0.25, 0.3) is 0 Å². The zero-order chi connectivity index (χ0) is 21.9. The van der Waals surface area contributed by atoms with E-state index >= 15 is 0 Å². The molecule has 3 aliphatic carbocycles. The van der Waals surface area contributed by atoms with E-state index in [1.54, 1.807) is 12.7 Å². The van der Waals surface area contributed by atoms with E-state index in [1.807, 2.05) is 0 Å². The molecule has 4 rings (SSSR count). The molecular weight excluding hydrogens is 384 g/mol. The first kappa shape index (κ1) is 22.1. The van der Waals surface area contributed by atoms with Crippen molar-refractivity contribution >= 4 is 8.32 Å². The molecule has 1 fully saturated rings. The Hall–Kier alpha value is -1.06. The summed E-state index contributed by atoms with van der Waals surface area (Å²) in [6, 6.07) is 6.81. The van der Waals surface area contributed by atoms with Gasteiger partial charge in [-0.1, -0.05) is 52.8 Å². The summed E-state index contributed by atoms with van der Waals surface area (Å²) in [6.07, 6.45) is 8.90. The normalized spacial score (nSPS) is 35.5. The number of fused-ring (bicyclic) bond motifs is 5. The fourth-order valence-electron chi connectivity index (χ4n) is 6.37. The number of ether oxygens (including phenoxy) is 1. The van der Waals surface area contributed by atoms with Crippen molar-refractivity contribution in [1.82, 2.24) is 0 Å². The Morgan fingerprint density at radius 1 is 1.17 bits per heavy atom. The summed E-state index contributed by atoms with van der Waals surface area (Å²) in [4.78, 5) is 0. The van der Waals surface area contributed by atoms with Crippen LogP contribution in [0.25, 0.3) is 0 Å². The lowest BCUT2D eigenvalue weighted by atomic mass is 9.51. The molecule has 2 nitrogen and oxygen atoms in total. The van der Waals surface area contributed by atoms with Crippen LogP contribution in [0.2, 0.25) is 18.1 Å². The maximum Gasteiger partial charge on any atom is 0.192 e. The molecule has 1 aromatic carbocycles. The lowest BCUT2D eigenvalue weighted by Crippen LogP contribution is -2.48. The highest BCUT2D eigenvalue weighted by atomic mass is 28.4. The molecule has 0 heterocycles. The molecule has 3 heteroatoms. The van der Waals surface area contributed by atoms with E-state index < -0.39 is 8.32 Å². The highest BCUT2D eigenvalue weighted by Crippen LogP contribution is 2.62. The quantitative estimate of drug-likeness (QED) is 0.374. The zero-order valence-corrected chi connectivity index (χ0v) is 21.4. The molecule has 0 radical (unpaired) electrons. The van der Waals surface area contributed by atoms with Crippen LogP contribution in [0, 0.1) is 29.1 Å². The molecule has 0 bridgehead atoms. The Kier molecular flexibility index (Phi) is 5.55. The standard InChI is InChI=1S/C27H42O2Si/c1-18-15-19-16-21(28-6)10-11-22(19)23-13-14-27(5)20(9-12-24(27)25(18)23)17-29-30(7,8)26(2,3)4/h9-12,16,18,20,23-25H,13-15,17H2,1-8H3/t18-,20+,23-,24-,25-,27-/m1/s1. The van der Waals surface area contributed by atoms with Crippen molar-refractivity contribution < 1.29 is 9.16 Å². The molecule has 0 spiro atoms. The largest absolute Gasteiger partial charge is 0.497 e. The molecule has 0 aromatic heterocycles. The fourth-order valence-corrected chi connectivity index (χ4v) is 7.40. The van der Waals surface area contributed by atoms with Gasteiger partial charge in [-0.05, 0) is 89.7 Å². The molecule has 3 aliphatic rings. The Morgan fingerprint density at radius 2 is 1.90 bits per heavy atom. The molecule has 0 unspecified atom stereocenters. The average molecular weight is 427 g/mol. The summed E-state index contributed by atoms with van der Waals surface area (Å²) in [7, 11) is 0.0638. The van der Waals surface area contributed by atoms with E-state index in [-0.39, 0.29) is 5.04 Å². The first-order valence-electron chi connectivity index (χ1n) is 12.0. The van der Waals surface area contributed by atoms with Crippen LogP contribution < -0.4 is 4.74 Å². The minimum atomic E-state index is -1.71. The van der Waals surface area contributed by atoms with Crippen LogP contribution in [0.15, 0.2) is 30.4 Å². The van der Waals surface area contributed by atoms with Crippen LogP contribution in [-0.4, -0.2) is 22.0 Å². The lowest BCUT2D eigenvalue weighted by Gasteiger charge is -2.53. The SMILES string of the molecule is COc1ccc2c(c1)C[C@@H](C)[C@@H]1[C@@H]2CC[C@@]2(C)[C@@H]1C=C[C@H]2CO[Si](C)(C)C(C)(C)C. The topological polar surface area (TPSA) is 18.5 Å². The molecule has 1 saturated carbocycles.